The maximum absolute atomic E-state index is 12.9. The molecule has 0 aliphatic rings. The van der Waals surface area contributed by atoms with Crippen LogP contribution < -0.4 is 15.4 Å². The standard InChI is InChI=1S/C14H20F2N2O3/c1-9(6-17-2)14(20)18-7-10(19)8-21-11-3-4-12(15)13(16)5-11/h3-5,9-10,17,19H,6-8H2,1-2H3,(H,18,20). The van der Waals surface area contributed by atoms with Crippen molar-refractivity contribution in [3.05, 3.63) is 29.8 Å². The van der Waals surface area contributed by atoms with E-state index in [1.807, 2.05) is 0 Å². The topological polar surface area (TPSA) is 70.6 Å². The second-order valence-electron chi connectivity index (χ2n) is 4.74. The number of rotatable bonds is 8. The zero-order valence-electron chi connectivity index (χ0n) is 12.0. The fourth-order valence-electron chi connectivity index (χ4n) is 1.61. The number of hydrogen-bond acceptors (Lipinski definition) is 4. The van der Waals surface area contributed by atoms with Crippen molar-refractivity contribution in [1.29, 1.82) is 0 Å². The van der Waals surface area contributed by atoms with E-state index in [0.717, 1.165) is 12.1 Å². The van der Waals surface area contributed by atoms with Gasteiger partial charge in [-0.1, -0.05) is 6.92 Å². The molecule has 1 aromatic rings. The summed E-state index contributed by atoms with van der Waals surface area (Å²) >= 11 is 0. The Morgan fingerprint density at radius 3 is 2.67 bits per heavy atom. The van der Waals surface area contributed by atoms with Gasteiger partial charge in [0, 0.05) is 25.1 Å². The van der Waals surface area contributed by atoms with Crippen molar-refractivity contribution in [3.8, 4) is 5.75 Å². The third-order valence-corrected chi connectivity index (χ3v) is 2.80. The number of carbonyl (C=O) groups is 1. The normalized spacial score (nSPS) is 13.6. The number of benzene rings is 1. The second-order valence-corrected chi connectivity index (χ2v) is 4.74. The van der Waals surface area contributed by atoms with Gasteiger partial charge < -0.3 is 20.5 Å². The first-order valence-electron chi connectivity index (χ1n) is 6.62. The molecule has 1 aromatic carbocycles. The Balaban J connectivity index is 2.32. The molecule has 0 aliphatic carbocycles. The van der Waals surface area contributed by atoms with Gasteiger partial charge in [0.25, 0.3) is 0 Å². The minimum atomic E-state index is -1.02. The van der Waals surface area contributed by atoms with Crippen molar-refractivity contribution in [3.63, 3.8) is 0 Å². The Labute approximate surface area is 122 Å². The Kier molecular flexibility index (Phi) is 7.04. The number of ether oxygens (including phenoxy) is 1. The Morgan fingerprint density at radius 2 is 2.05 bits per heavy atom. The van der Waals surface area contributed by atoms with Gasteiger partial charge in [-0.3, -0.25) is 4.79 Å². The van der Waals surface area contributed by atoms with Crippen molar-refractivity contribution < 1.29 is 23.4 Å². The van der Waals surface area contributed by atoms with E-state index in [9.17, 15) is 18.7 Å². The number of aliphatic hydroxyl groups is 1. The minimum absolute atomic E-state index is 0.0244. The summed E-state index contributed by atoms with van der Waals surface area (Å²) in [5, 5.41) is 15.1. The van der Waals surface area contributed by atoms with Gasteiger partial charge in [-0.15, -0.1) is 0 Å². The second kappa shape index (κ2) is 8.53. The highest BCUT2D eigenvalue weighted by atomic mass is 19.2. The monoisotopic (exact) mass is 302 g/mol. The summed E-state index contributed by atoms with van der Waals surface area (Å²) in [7, 11) is 1.74. The van der Waals surface area contributed by atoms with Gasteiger partial charge >= 0.3 is 0 Å². The zero-order valence-corrected chi connectivity index (χ0v) is 12.0. The number of hydrogen-bond donors (Lipinski definition) is 3. The average molecular weight is 302 g/mol. The highest BCUT2D eigenvalue weighted by molar-refractivity contribution is 5.78. The lowest BCUT2D eigenvalue weighted by atomic mass is 10.1. The van der Waals surface area contributed by atoms with Crippen LogP contribution in [0.2, 0.25) is 0 Å². The summed E-state index contributed by atoms with van der Waals surface area (Å²) in [6, 6.07) is 3.10. The molecule has 0 saturated heterocycles. The quantitative estimate of drug-likeness (QED) is 0.660. The van der Waals surface area contributed by atoms with Crippen molar-refractivity contribution in [2.24, 2.45) is 5.92 Å². The Bertz CT molecular complexity index is 472. The van der Waals surface area contributed by atoms with E-state index in [0.29, 0.717) is 6.54 Å². The number of carbonyl (C=O) groups excluding carboxylic acids is 1. The van der Waals surface area contributed by atoms with Crippen molar-refractivity contribution in [1.82, 2.24) is 10.6 Å². The molecule has 2 unspecified atom stereocenters. The van der Waals surface area contributed by atoms with E-state index >= 15 is 0 Å². The number of aliphatic hydroxyl groups excluding tert-OH is 1. The van der Waals surface area contributed by atoms with E-state index in [-0.39, 0.29) is 30.7 Å². The third kappa shape index (κ3) is 6.05. The summed E-state index contributed by atoms with van der Waals surface area (Å²) in [6.07, 6.45) is -0.941. The van der Waals surface area contributed by atoms with Crippen LogP contribution in [0.25, 0.3) is 0 Å². The van der Waals surface area contributed by atoms with Crippen LogP contribution in [0.4, 0.5) is 8.78 Å². The molecule has 1 amide bonds. The van der Waals surface area contributed by atoms with Gasteiger partial charge in [0.15, 0.2) is 11.6 Å². The van der Waals surface area contributed by atoms with Crippen LogP contribution in [0.15, 0.2) is 18.2 Å². The maximum atomic E-state index is 12.9. The van der Waals surface area contributed by atoms with Crippen molar-refractivity contribution in [2.45, 2.75) is 13.0 Å². The molecule has 0 bridgehead atoms. The van der Waals surface area contributed by atoms with Crippen LogP contribution in [0.1, 0.15) is 6.92 Å². The lowest BCUT2D eigenvalue weighted by Gasteiger charge is -2.15. The summed E-state index contributed by atoms with van der Waals surface area (Å²) in [6.45, 7) is 2.19. The SMILES string of the molecule is CNCC(C)C(=O)NCC(O)COc1ccc(F)c(F)c1. The molecule has 0 aliphatic heterocycles. The molecule has 7 heteroatoms. The predicted molar refractivity (Wildman–Crippen MR) is 74.0 cm³/mol. The van der Waals surface area contributed by atoms with Gasteiger partial charge in [0.1, 0.15) is 18.5 Å². The Hall–Kier alpha value is -1.73. The lowest BCUT2D eigenvalue weighted by Crippen LogP contribution is -2.40. The first-order valence-corrected chi connectivity index (χ1v) is 6.62. The highest BCUT2D eigenvalue weighted by Gasteiger charge is 2.14. The van der Waals surface area contributed by atoms with Crippen molar-refractivity contribution >= 4 is 5.91 Å². The Morgan fingerprint density at radius 1 is 1.33 bits per heavy atom. The number of amides is 1. The molecule has 0 spiro atoms. The number of nitrogens with one attached hydrogen (secondary N) is 2. The fourth-order valence-corrected chi connectivity index (χ4v) is 1.61. The average Bonchev–Trinajstić information content (AvgIpc) is 2.46. The van der Waals surface area contributed by atoms with Crippen LogP contribution in [0, 0.1) is 17.6 Å². The summed E-state index contributed by atoms with van der Waals surface area (Å²) in [5.41, 5.74) is 0. The molecule has 1 rings (SSSR count). The molecule has 0 radical (unpaired) electrons. The molecule has 0 heterocycles. The molecule has 0 fully saturated rings. The molecule has 2 atom stereocenters. The van der Waals surface area contributed by atoms with E-state index in [4.69, 9.17) is 4.74 Å². The molecule has 0 aromatic heterocycles. The molecular formula is C14H20F2N2O3. The van der Waals surface area contributed by atoms with Gasteiger partial charge in [0.05, 0.1) is 0 Å². The van der Waals surface area contributed by atoms with Crippen LogP contribution in [0.3, 0.4) is 0 Å². The predicted octanol–water partition coefficient (Wildman–Crippen LogP) is 0.676. The summed E-state index contributed by atoms with van der Waals surface area (Å²) < 4.78 is 30.8. The molecular weight excluding hydrogens is 282 g/mol. The fraction of sp³-hybridized carbons (Fsp3) is 0.500. The zero-order chi connectivity index (χ0) is 15.8. The van der Waals surface area contributed by atoms with E-state index < -0.39 is 17.7 Å². The smallest absolute Gasteiger partial charge is 0.224 e. The maximum Gasteiger partial charge on any atom is 0.224 e. The molecule has 118 valence electrons. The summed E-state index contributed by atoms with van der Waals surface area (Å²) in [5.74, 6) is -2.27. The lowest BCUT2D eigenvalue weighted by molar-refractivity contribution is -0.124. The van der Waals surface area contributed by atoms with Crippen LogP contribution in [-0.4, -0.2) is 43.9 Å². The van der Waals surface area contributed by atoms with E-state index in [1.54, 1.807) is 14.0 Å². The third-order valence-electron chi connectivity index (χ3n) is 2.80. The molecule has 21 heavy (non-hydrogen) atoms. The van der Waals surface area contributed by atoms with Gasteiger partial charge in [-0.05, 0) is 19.2 Å². The first kappa shape index (κ1) is 17.3. The van der Waals surface area contributed by atoms with Crippen LogP contribution >= 0.6 is 0 Å². The first-order chi connectivity index (χ1) is 9.93. The van der Waals surface area contributed by atoms with Gasteiger partial charge in [-0.2, -0.15) is 0 Å². The van der Waals surface area contributed by atoms with Crippen LogP contribution in [-0.2, 0) is 4.79 Å². The van der Waals surface area contributed by atoms with E-state index in [1.165, 1.54) is 6.07 Å². The minimum Gasteiger partial charge on any atom is -0.491 e. The van der Waals surface area contributed by atoms with Gasteiger partial charge in [-0.25, -0.2) is 8.78 Å². The highest BCUT2D eigenvalue weighted by Crippen LogP contribution is 2.15. The van der Waals surface area contributed by atoms with Gasteiger partial charge in [0.2, 0.25) is 5.91 Å². The van der Waals surface area contributed by atoms with Crippen LogP contribution in [0.5, 0.6) is 5.75 Å². The number of halogens is 2. The summed E-state index contributed by atoms with van der Waals surface area (Å²) in [4.78, 5) is 11.6. The molecule has 3 N–H and O–H groups in total. The molecule has 5 nitrogen and oxygen atoms in total. The van der Waals surface area contributed by atoms with E-state index in [2.05, 4.69) is 10.6 Å². The van der Waals surface area contributed by atoms with Crippen molar-refractivity contribution in [2.75, 3.05) is 26.7 Å². The molecule has 0 saturated carbocycles. The largest absolute Gasteiger partial charge is 0.491 e.